The van der Waals surface area contributed by atoms with Crippen molar-refractivity contribution in [1.29, 1.82) is 0 Å². The standard InChI is InChI=1S/C23H23N3O5/c1-3-30-19-8-5-4-7-17(19)25-21(27)14(2)31-23(29)15-10-11-16-18(13-15)24-20-9-6-12-26(20)22(16)28/h4-5,7-8,10-11,13-14H,3,6,9,12H2,1-2H3,(H,25,27)/t14-/m1/s1. The van der Waals surface area contributed by atoms with E-state index in [4.69, 9.17) is 9.47 Å². The van der Waals surface area contributed by atoms with Crippen LogP contribution >= 0.6 is 0 Å². The van der Waals surface area contributed by atoms with Gasteiger partial charge >= 0.3 is 5.97 Å². The zero-order valence-electron chi connectivity index (χ0n) is 17.4. The topological polar surface area (TPSA) is 99.5 Å². The number of carbonyl (C=O) groups is 2. The van der Waals surface area contributed by atoms with Crippen LogP contribution in [0.4, 0.5) is 5.69 Å². The summed E-state index contributed by atoms with van der Waals surface area (Å²) in [6, 6.07) is 11.7. The third-order valence-electron chi connectivity index (χ3n) is 5.15. The number of benzene rings is 2. The summed E-state index contributed by atoms with van der Waals surface area (Å²) in [4.78, 5) is 42.2. The van der Waals surface area contributed by atoms with E-state index in [0.717, 1.165) is 18.7 Å². The predicted octanol–water partition coefficient (Wildman–Crippen LogP) is 2.93. The van der Waals surface area contributed by atoms with Crippen molar-refractivity contribution < 1.29 is 19.1 Å². The number of anilines is 1. The number of aromatic nitrogens is 2. The van der Waals surface area contributed by atoms with E-state index in [0.29, 0.717) is 35.5 Å². The lowest BCUT2D eigenvalue weighted by Crippen LogP contribution is -2.30. The van der Waals surface area contributed by atoms with Crippen LogP contribution in [0.2, 0.25) is 0 Å². The Morgan fingerprint density at radius 3 is 2.84 bits per heavy atom. The summed E-state index contributed by atoms with van der Waals surface area (Å²) in [7, 11) is 0. The number of hydrogen-bond donors (Lipinski definition) is 1. The maximum Gasteiger partial charge on any atom is 0.338 e. The average Bonchev–Trinajstić information content (AvgIpc) is 3.23. The van der Waals surface area contributed by atoms with Gasteiger partial charge in [0.05, 0.1) is 28.8 Å². The number of aryl methyl sites for hydroxylation is 1. The number of nitrogens with one attached hydrogen (secondary N) is 1. The summed E-state index contributed by atoms with van der Waals surface area (Å²) in [5, 5.41) is 3.18. The maximum absolute atomic E-state index is 12.6. The van der Waals surface area contributed by atoms with Crippen LogP contribution in [-0.2, 0) is 22.5 Å². The van der Waals surface area contributed by atoms with E-state index in [-0.39, 0.29) is 11.1 Å². The molecule has 0 saturated carbocycles. The number of rotatable bonds is 6. The number of nitrogens with zero attached hydrogens (tertiary/aromatic N) is 2. The molecule has 1 aliphatic rings. The van der Waals surface area contributed by atoms with E-state index in [9.17, 15) is 14.4 Å². The molecule has 8 nitrogen and oxygen atoms in total. The molecule has 3 aromatic rings. The van der Waals surface area contributed by atoms with Crippen LogP contribution in [0.15, 0.2) is 47.3 Å². The molecular weight excluding hydrogens is 398 g/mol. The molecule has 1 N–H and O–H groups in total. The largest absolute Gasteiger partial charge is 0.492 e. The van der Waals surface area contributed by atoms with Crippen LogP contribution in [-0.4, -0.2) is 34.1 Å². The molecule has 160 valence electrons. The lowest BCUT2D eigenvalue weighted by molar-refractivity contribution is -0.123. The van der Waals surface area contributed by atoms with E-state index in [1.165, 1.54) is 19.1 Å². The SMILES string of the molecule is CCOc1ccccc1NC(=O)[C@@H](C)OC(=O)c1ccc2c(=O)n3c(nc2c1)CCC3. The smallest absolute Gasteiger partial charge is 0.338 e. The fourth-order valence-corrected chi connectivity index (χ4v) is 3.58. The maximum atomic E-state index is 12.6. The van der Waals surface area contributed by atoms with Gasteiger partial charge in [0.2, 0.25) is 0 Å². The molecular formula is C23H23N3O5. The van der Waals surface area contributed by atoms with Crippen LogP contribution in [0.1, 0.15) is 36.5 Å². The lowest BCUT2D eigenvalue weighted by atomic mass is 10.1. The predicted molar refractivity (Wildman–Crippen MR) is 115 cm³/mol. The Hall–Kier alpha value is -3.68. The van der Waals surface area contributed by atoms with Crippen LogP contribution < -0.4 is 15.6 Å². The van der Waals surface area contributed by atoms with Crippen molar-refractivity contribution >= 4 is 28.5 Å². The number of esters is 1. The Morgan fingerprint density at radius 1 is 1.23 bits per heavy atom. The summed E-state index contributed by atoms with van der Waals surface area (Å²) in [5.74, 6) is 0.126. The summed E-state index contributed by atoms with van der Waals surface area (Å²) in [6.07, 6.45) is 0.587. The minimum atomic E-state index is -1.03. The molecule has 1 amide bonds. The third kappa shape index (κ3) is 4.14. The number of fused-ring (bicyclic) bond motifs is 2. The van der Waals surface area contributed by atoms with Crippen LogP contribution in [0.25, 0.3) is 10.9 Å². The van der Waals surface area contributed by atoms with Gasteiger partial charge in [-0.3, -0.25) is 14.2 Å². The first-order valence-electron chi connectivity index (χ1n) is 10.2. The highest BCUT2D eigenvalue weighted by molar-refractivity contribution is 5.99. The van der Waals surface area contributed by atoms with Crippen molar-refractivity contribution in [3.8, 4) is 5.75 Å². The first-order chi connectivity index (χ1) is 15.0. The summed E-state index contributed by atoms with van der Waals surface area (Å²) < 4.78 is 12.5. The first kappa shape index (κ1) is 20.6. The normalized spacial score (nSPS) is 13.5. The number of ether oxygens (including phenoxy) is 2. The summed E-state index contributed by atoms with van der Waals surface area (Å²) in [6.45, 7) is 4.47. The minimum absolute atomic E-state index is 0.0990. The Bertz CT molecular complexity index is 1220. The number of amides is 1. The second kappa shape index (κ2) is 8.59. The number of hydrogen-bond acceptors (Lipinski definition) is 6. The van der Waals surface area contributed by atoms with Gasteiger partial charge in [0.25, 0.3) is 11.5 Å². The first-order valence-corrected chi connectivity index (χ1v) is 10.2. The molecule has 0 bridgehead atoms. The number of carbonyl (C=O) groups excluding carboxylic acids is 2. The molecule has 1 aliphatic heterocycles. The van der Waals surface area contributed by atoms with E-state index in [1.807, 2.05) is 6.92 Å². The zero-order chi connectivity index (χ0) is 22.0. The lowest BCUT2D eigenvalue weighted by Gasteiger charge is -2.16. The van der Waals surface area contributed by atoms with Gasteiger partial charge in [0.1, 0.15) is 11.6 Å². The molecule has 1 atom stereocenters. The summed E-state index contributed by atoms with van der Waals surface area (Å²) in [5.41, 5.74) is 1.09. The van der Waals surface area contributed by atoms with Crippen LogP contribution in [0, 0.1) is 0 Å². The third-order valence-corrected chi connectivity index (χ3v) is 5.15. The molecule has 31 heavy (non-hydrogen) atoms. The summed E-state index contributed by atoms with van der Waals surface area (Å²) >= 11 is 0. The Balaban J connectivity index is 1.49. The van der Waals surface area contributed by atoms with Gasteiger partial charge in [-0.15, -0.1) is 0 Å². The molecule has 0 spiro atoms. The molecule has 0 saturated heterocycles. The van der Waals surface area contributed by atoms with E-state index < -0.39 is 18.0 Å². The van der Waals surface area contributed by atoms with E-state index >= 15 is 0 Å². The molecule has 8 heteroatoms. The quantitative estimate of drug-likeness (QED) is 0.615. The molecule has 0 radical (unpaired) electrons. The highest BCUT2D eigenvalue weighted by Gasteiger charge is 2.22. The molecule has 2 heterocycles. The monoisotopic (exact) mass is 421 g/mol. The van der Waals surface area contributed by atoms with Gasteiger partial charge in [-0.25, -0.2) is 9.78 Å². The van der Waals surface area contributed by atoms with Gasteiger partial charge < -0.3 is 14.8 Å². The second-order valence-corrected chi connectivity index (χ2v) is 7.29. The van der Waals surface area contributed by atoms with Crippen molar-refractivity contribution in [2.24, 2.45) is 0 Å². The van der Waals surface area contributed by atoms with E-state index in [2.05, 4.69) is 10.3 Å². The highest BCUT2D eigenvalue weighted by atomic mass is 16.5. The van der Waals surface area contributed by atoms with Crippen LogP contribution in [0.5, 0.6) is 5.75 Å². The zero-order valence-corrected chi connectivity index (χ0v) is 17.4. The number of para-hydroxylation sites is 2. The van der Waals surface area contributed by atoms with E-state index in [1.54, 1.807) is 34.9 Å². The molecule has 0 unspecified atom stereocenters. The van der Waals surface area contributed by atoms with Crippen molar-refractivity contribution in [3.63, 3.8) is 0 Å². The average molecular weight is 421 g/mol. The molecule has 0 aliphatic carbocycles. The van der Waals surface area contributed by atoms with Crippen molar-refractivity contribution in [1.82, 2.24) is 9.55 Å². The molecule has 2 aromatic carbocycles. The Morgan fingerprint density at radius 2 is 2.03 bits per heavy atom. The van der Waals surface area contributed by atoms with Gasteiger partial charge in [0.15, 0.2) is 6.10 Å². The van der Waals surface area contributed by atoms with Gasteiger partial charge in [-0.05, 0) is 50.6 Å². The molecule has 4 rings (SSSR count). The van der Waals surface area contributed by atoms with Crippen molar-refractivity contribution in [2.75, 3.05) is 11.9 Å². The molecule has 0 fully saturated rings. The van der Waals surface area contributed by atoms with Gasteiger partial charge in [0, 0.05) is 13.0 Å². The van der Waals surface area contributed by atoms with Crippen molar-refractivity contribution in [2.45, 2.75) is 39.3 Å². The minimum Gasteiger partial charge on any atom is -0.492 e. The molecule has 1 aromatic heterocycles. The highest BCUT2D eigenvalue weighted by Crippen LogP contribution is 2.24. The van der Waals surface area contributed by atoms with Gasteiger partial charge in [-0.2, -0.15) is 0 Å². The second-order valence-electron chi connectivity index (χ2n) is 7.29. The van der Waals surface area contributed by atoms with Crippen molar-refractivity contribution in [3.05, 3.63) is 64.2 Å². The Kier molecular flexibility index (Phi) is 5.70. The van der Waals surface area contributed by atoms with Crippen LogP contribution in [0.3, 0.4) is 0 Å². The Labute approximate surface area is 178 Å². The fraction of sp³-hybridized carbons (Fsp3) is 0.304. The fourth-order valence-electron chi connectivity index (χ4n) is 3.58. The van der Waals surface area contributed by atoms with Gasteiger partial charge in [-0.1, -0.05) is 12.1 Å².